The number of hydrogen-bond acceptors (Lipinski definition) is 4. The molecule has 2 aromatic heterocycles. The van der Waals surface area contributed by atoms with Crippen molar-refractivity contribution in [2.24, 2.45) is 0 Å². The summed E-state index contributed by atoms with van der Waals surface area (Å²) in [6, 6.07) is 109. The van der Waals surface area contributed by atoms with Gasteiger partial charge in [-0.05, 0) is 151 Å². The molecule has 3 aliphatic heterocycles. The van der Waals surface area contributed by atoms with Crippen molar-refractivity contribution in [1.29, 1.82) is 0 Å². The van der Waals surface area contributed by atoms with Gasteiger partial charge in [0, 0.05) is 54.5 Å². The van der Waals surface area contributed by atoms with Crippen LogP contribution in [0, 0.1) is 52.6 Å². The molecule has 447 valence electrons. The van der Waals surface area contributed by atoms with Crippen LogP contribution in [0.3, 0.4) is 0 Å². The monoisotopic (exact) mass is 1380 g/mol. The maximum absolute atomic E-state index is 4.95. The maximum Gasteiger partial charge on any atom is 0.182 e. The van der Waals surface area contributed by atoms with E-state index in [0.29, 0.717) is 0 Å². The second-order valence-electron chi connectivity index (χ2n) is 23.6. The molecule has 0 unspecified atom stereocenters. The molecule has 17 rings (SSSR count). The zero-order valence-corrected chi connectivity index (χ0v) is 55.2. The predicted octanol–water partition coefficient (Wildman–Crippen LogP) is 17.4. The zero-order chi connectivity index (χ0) is 61.6. The summed E-state index contributed by atoms with van der Waals surface area (Å²) in [6.45, 7) is 10.8. The number of benzene rings is 12. The third-order valence-corrected chi connectivity index (χ3v) is 23.1. The minimum absolute atomic E-state index is 0. The first-order valence-corrected chi connectivity index (χ1v) is 33.0. The first-order chi connectivity index (χ1) is 44.7. The molecule has 0 N–H and O–H groups in total. The molecule has 0 saturated carbocycles. The Labute approximate surface area is 554 Å². The van der Waals surface area contributed by atoms with Crippen LogP contribution >= 0.6 is 0 Å². The van der Waals surface area contributed by atoms with Gasteiger partial charge in [-0.25, -0.2) is 0 Å². The molecule has 3 aliphatic rings. The Morgan fingerprint density at radius 3 is 1.46 bits per heavy atom. The number of fused-ring (bicyclic) bond motifs is 11. The Morgan fingerprint density at radius 1 is 0.380 bits per heavy atom. The van der Waals surface area contributed by atoms with E-state index >= 15 is 0 Å². The van der Waals surface area contributed by atoms with E-state index in [4.69, 9.17) is 5.10 Å². The minimum Gasteiger partial charge on any atom is -0.504 e. The van der Waals surface area contributed by atoms with Gasteiger partial charge in [0.25, 0.3) is 0 Å². The third-order valence-electron chi connectivity index (χ3n) is 18.1. The fourth-order valence-electron chi connectivity index (χ4n) is 14.1. The summed E-state index contributed by atoms with van der Waals surface area (Å²) in [4.78, 5) is 4.36. The second kappa shape index (κ2) is 25.1. The van der Waals surface area contributed by atoms with E-state index in [1.165, 1.54) is 110 Å². The van der Waals surface area contributed by atoms with Gasteiger partial charge in [-0.15, -0.1) is 29.4 Å². The number of para-hydroxylation sites is 4. The molecule has 0 fully saturated rings. The van der Waals surface area contributed by atoms with Crippen LogP contribution in [0.2, 0.25) is 0 Å². The number of aryl methyl sites for hydroxylation is 3. The maximum atomic E-state index is 4.95. The van der Waals surface area contributed by atoms with Gasteiger partial charge in [0.05, 0.1) is 11.9 Å². The van der Waals surface area contributed by atoms with E-state index in [9.17, 15) is 0 Å². The second-order valence-corrected chi connectivity index (χ2v) is 27.3. The number of aromatic nitrogens is 4. The Bertz CT molecular complexity index is 4890. The Kier molecular flexibility index (Phi) is 16.1. The van der Waals surface area contributed by atoms with Crippen LogP contribution in [0.15, 0.2) is 291 Å². The number of rotatable bonds is 8. The number of anilines is 3. The summed E-state index contributed by atoms with van der Waals surface area (Å²) >= 11 is 0. The van der Waals surface area contributed by atoms with Crippen LogP contribution in [-0.2, 0) is 20.1 Å². The average Bonchev–Trinajstić information content (AvgIpc) is 1.54. The average molecular weight is 1380 g/mol. The van der Waals surface area contributed by atoms with Gasteiger partial charge in [-0.1, -0.05) is 200 Å². The van der Waals surface area contributed by atoms with Crippen molar-refractivity contribution < 1.29 is 20.1 Å². The molecule has 14 aromatic rings. The van der Waals surface area contributed by atoms with Crippen LogP contribution in [-0.4, -0.2) is 34.7 Å². The van der Waals surface area contributed by atoms with E-state index < -0.39 is 8.07 Å². The molecule has 0 amide bonds. The molecule has 1 spiro atoms. The topological polar surface area (TPSA) is 42.1 Å². The van der Waals surface area contributed by atoms with Gasteiger partial charge in [0.15, 0.2) is 8.07 Å². The van der Waals surface area contributed by atoms with E-state index in [0.717, 1.165) is 39.6 Å². The third kappa shape index (κ3) is 10.6. The van der Waals surface area contributed by atoms with Crippen molar-refractivity contribution in [1.82, 2.24) is 19.6 Å². The molecule has 0 atom stereocenters. The van der Waals surface area contributed by atoms with E-state index in [1.54, 1.807) is 0 Å². The summed E-state index contributed by atoms with van der Waals surface area (Å²) in [5.74, 6) is 0. The van der Waals surface area contributed by atoms with Crippen molar-refractivity contribution in [2.45, 2.75) is 27.7 Å². The van der Waals surface area contributed by atoms with Crippen molar-refractivity contribution in [3.05, 3.63) is 339 Å². The van der Waals surface area contributed by atoms with Crippen LogP contribution in [0.25, 0.3) is 89.3 Å². The Balaban J connectivity index is 0.000000123. The summed E-state index contributed by atoms with van der Waals surface area (Å²) in [5, 5.41) is 15.4. The molecule has 8 heteroatoms. The summed E-state index contributed by atoms with van der Waals surface area (Å²) in [6.07, 6.45) is 3.92. The first-order valence-electron chi connectivity index (χ1n) is 31.0. The smallest absolute Gasteiger partial charge is 0.182 e. The van der Waals surface area contributed by atoms with E-state index in [1.807, 2.05) is 76.4 Å². The Hall–Kier alpha value is -10.5. The van der Waals surface area contributed by atoms with Crippen LogP contribution in [0.1, 0.15) is 22.5 Å². The van der Waals surface area contributed by atoms with Gasteiger partial charge in [-0.3, -0.25) is 9.36 Å². The van der Waals surface area contributed by atoms with Gasteiger partial charge in [0.2, 0.25) is 0 Å². The molecular formula is C84H64IrN6Si-4. The summed E-state index contributed by atoms with van der Waals surface area (Å²) in [7, 11) is -0.359. The molecule has 6 nitrogen and oxygen atoms in total. The summed E-state index contributed by atoms with van der Waals surface area (Å²) < 4.78 is 3.88. The fourth-order valence-corrected chi connectivity index (χ4v) is 19.7. The standard InChI is InChI=1S/C35H25N2Si.C28H24N2.C21H15N2.Ir/c1-23-35(24(2)37(36-23)26-12-4-3-5-13-26)25-20-21-30-29-16-8-11-19-33(29)38(34(30)22-25)31-17-9-6-14-27(31)28-15-7-10-18-32(28)38;1-20-16-24(22-10-5-4-6-11-22)17-21(2)28(20)23-12-9-13-25(18-23)30-19-29(3)26-14-7-8-15-27(26)30;1-3-7-17(8-4-1)18-11-13-19(14-12-18)20-15-22-23(16-20)21-9-5-2-6-10-21;/h3-12,14-22H,1-2H3;4-12,14-19H,1-3H3;1-9,11-16H;/q-1;-2;-1;. The molecule has 92 heavy (non-hydrogen) atoms. The van der Waals surface area contributed by atoms with Crippen molar-refractivity contribution in [3.8, 4) is 89.3 Å². The number of hydrogen-bond donors (Lipinski definition) is 0. The fraction of sp³-hybridized carbons (Fsp3) is 0.0595. The van der Waals surface area contributed by atoms with E-state index in [2.05, 4.69) is 299 Å². The van der Waals surface area contributed by atoms with Gasteiger partial charge in [-0.2, -0.15) is 83.6 Å². The van der Waals surface area contributed by atoms with Crippen LogP contribution < -0.4 is 30.5 Å². The van der Waals surface area contributed by atoms with Gasteiger partial charge in [0.1, 0.15) is 0 Å². The molecule has 0 bridgehead atoms. The first kappa shape index (κ1) is 59.2. The van der Waals surface area contributed by atoms with E-state index in [-0.39, 0.29) is 20.1 Å². The quantitative estimate of drug-likeness (QED) is 0.112. The Morgan fingerprint density at radius 2 is 0.859 bits per heavy atom. The van der Waals surface area contributed by atoms with Gasteiger partial charge >= 0.3 is 0 Å². The predicted molar refractivity (Wildman–Crippen MR) is 379 cm³/mol. The molecule has 1 radical (unpaired) electrons. The van der Waals surface area contributed by atoms with Crippen LogP contribution in [0.4, 0.5) is 17.1 Å². The zero-order valence-electron chi connectivity index (χ0n) is 51.8. The largest absolute Gasteiger partial charge is 0.504 e. The molecule has 0 saturated heterocycles. The van der Waals surface area contributed by atoms with Crippen LogP contribution in [0.5, 0.6) is 0 Å². The minimum atomic E-state index is -2.44. The SMILES string of the molecule is Cc1cc(-c2ccccc2)cc(C)c1-c1cc[c-]c(N2[CH-]N(C)c3ccccc32)c1.Cc1nn(-c2[c-]cccc2)c(C)c1-c1ccc2c(c1)[Si]1(c3ccccc3-c3ccccc31)c1ccccc1-2.[Ir].[c-]1ccccc1-n1cc(-c2ccc(-c3ccccc3)cc2)cn1. The molecule has 5 heterocycles. The molecular weight excluding hydrogens is 1310 g/mol. The molecule has 12 aromatic carbocycles. The van der Waals surface area contributed by atoms with Crippen molar-refractivity contribution >= 4 is 45.9 Å². The van der Waals surface area contributed by atoms with Crippen molar-refractivity contribution in [3.63, 3.8) is 0 Å². The normalized spacial score (nSPS) is 12.5. The molecule has 0 aliphatic carbocycles. The van der Waals surface area contributed by atoms with Crippen molar-refractivity contribution in [2.75, 3.05) is 16.8 Å². The number of nitrogens with zero attached hydrogens (tertiary/aromatic N) is 6. The van der Waals surface area contributed by atoms with Gasteiger partial charge < -0.3 is 9.80 Å². The summed E-state index contributed by atoms with van der Waals surface area (Å²) in [5.41, 5.74) is 27.8.